The highest BCUT2D eigenvalue weighted by Gasteiger charge is 2.23. The Labute approximate surface area is 178 Å². The van der Waals surface area contributed by atoms with Crippen molar-refractivity contribution in [2.75, 3.05) is 18.6 Å². The van der Waals surface area contributed by atoms with E-state index >= 15 is 0 Å². The summed E-state index contributed by atoms with van der Waals surface area (Å²) in [6.45, 7) is 7.74. The largest absolute Gasteiger partial charge is 0.481 e. The van der Waals surface area contributed by atoms with Gasteiger partial charge in [0.25, 0.3) is 5.91 Å². The molecular formula is C20H22ClFN4O2S. The Kier molecular flexibility index (Phi) is 8.48. The molecule has 0 fully saturated rings. The molecule has 2 aromatic rings. The Balaban J connectivity index is 2.35. The second-order valence-corrected chi connectivity index (χ2v) is 7.43. The predicted octanol–water partition coefficient (Wildman–Crippen LogP) is 5.28. The van der Waals surface area contributed by atoms with E-state index in [9.17, 15) is 9.18 Å². The number of amides is 1. The molecule has 2 rings (SSSR count). The van der Waals surface area contributed by atoms with E-state index in [4.69, 9.17) is 16.3 Å². The molecule has 9 heteroatoms. The van der Waals surface area contributed by atoms with E-state index in [1.54, 1.807) is 18.2 Å². The summed E-state index contributed by atoms with van der Waals surface area (Å²) in [5.74, 6) is -0.745. The minimum Gasteiger partial charge on any atom is -0.481 e. The minimum absolute atomic E-state index is 0.00189. The molecule has 0 saturated carbocycles. The van der Waals surface area contributed by atoms with Crippen molar-refractivity contribution in [3.8, 4) is 0 Å². The zero-order valence-electron chi connectivity index (χ0n) is 16.5. The van der Waals surface area contributed by atoms with Crippen LogP contribution in [0.3, 0.4) is 0 Å². The number of unbranched alkanes of at least 4 members (excludes halogenated alkanes) is 1. The predicted molar refractivity (Wildman–Crippen MR) is 116 cm³/mol. The number of ether oxygens (including phenoxy) is 1. The van der Waals surface area contributed by atoms with Gasteiger partial charge in [-0.1, -0.05) is 55.0 Å². The average molecular weight is 437 g/mol. The third-order valence-corrected chi connectivity index (χ3v) is 5.01. The standard InChI is InChI=1S/C20H22ClFN4O2S/c1-5-6-11-26(19(27)15-9-7-8-10-16(15)22)20-25-24-18(29-20)13(2)12-17(28-4)23-14(3)21/h7-10,12H,3,5-6,11H2,1-2,4H3. The lowest BCUT2D eigenvalue weighted by Gasteiger charge is -2.19. The van der Waals surface area contributed by atoms with E-state index in [1.807, 2.05) is 13.8 Å². The third-order valence-electron chi connectivity index (χ3n) is 3.85. The third kappa shape index (κ3) is 6.20. The van der Waals surface area contributed by atoms with Crippen LogP contribution in [0.5, 0.6) is 0 Å². The summed E-state index contributed by atoms with van der Waals surface area (Å²) < 4.78 is 19.3. The number of aromatic nitrogens is 2. The van der Waals surface area contributed by atoms with Gasteiger partial charge in [-0.25, -0.2) is 9.38 Å². The van der Waals surface area contributed by atoms with Crippen molar-refractivity contribution in [2.24, 2.45) is 4.99 Å². The van der Waals surface area contributed by atoms with E-state index in [0.717, 1.165) is 18.4 Å². The van der Waals surface area contributed by atoms with Gasteiger partial charge in [-0.3, -0.25) is 9.69 Å². The minimum atomic E-state index is -0.568. The van der Waals surface area contributed by atoms with Gasteiger partial charge in [0.05, 0.1) is 12.7 Å². The van der Waals surface area contributed by atoms with Crippen LogP contribution in [0.1, 0.15) is 42.1 Å². The van der Waals surface area contributed by atoms with Crippen LogP contribution in [-0.4, -0.2) is 35.7 Å². The molecule has 1 amide bonds. The van der Waals surface area contributed by atoms with Gasteiger partial charge in [0.2, 0.25) is 11.0 Å². The molecule has 0 radical (unpaired) electrons. The van der Waals surface area contributed by atoms with Crippen molar-refractivity contribution < 1.29 is 13.9 Å². The highest BCUT2D eigenvalue weighted by molar-refractivity contribution is 7.16. The number of allylic oxidation sites excluding steroid dienone is 1. The molecule has 0 N–H and O–H groups in total. The Hall–Kier alpha value is -2.58. The summed E-state index contributed by atoms with van der Waals surface area (Å²) >= 11 is 6.92. The van der Waals surface area contributed by atoms with E-state index in [1.165, 1.54) is 35.5 Å². The monoisotopic (exact) mass is 436 g/mol. The maximum absolute atomic E-state index is 14.1. The fourth-order valence-corrected chi connectivity index (χ4v) is 3.29. The summed E-state index contributed by atoms with van der Waals surface area (Å²) in [6, 6.07) is 5.90. The maximum Gasteiger partial charge on any atom is 0.263 e. The Bertz CT molecular complexity index is 942. The molecule has 0 aliphatic heterocycles. The quantitative estimate of drug-likeness (QED) is 0.320. The number of anilines is 1. The van der Waals surface area contributed by atoms with Gasteiger partial charge in [-0.2, -0.15) is 0 Å². The van der Waals surface area contributed by atoms with Crippen LogP contribution in [0.25, 0.3) is 5.57 Å². The number of benzene rings is 1. The maximum atomic E-state index is 14.1. The molecule has 0 saturated heterocycles. The molecule has 29 heavy (non-hydrogen) atoms. The fourth-order valence-electron chi connectivity index (χ4n) is 2.37. The van der Waals surface area contributed by atoms with Crippen LogP contribution in [0.15, 0.2) is 47.1 Å². The lowest BCUT2D eigenvalue weighted by Crippen LogP contribution is -2.32. The summed E-state index contributed by atoms with van der Waals surface area (Å²) in [6.07, 6.45) is 3.27. The number of rotatable bonds is 8. The highest BCUT2D eigenvalue weighted by Crippen LogP contribution is 2.27. The molecule has 6 nitrogen and oxygen atoms in total. The zero-order valence-corrected chi connectivity index (χ0v) is 18.1. The van der Waals surface area contributed by atoms with Crippen LogP contribution in [0.4, 0.5) is 9.52 Å². The number of hydrogen-bond acceptors (Lipinski definition) is 6. The van der Waals surface area contributed by atoms with Crippen molar-refractivity contribution in [1.29, 1.82) is 0 Å². The van der Waals surface area contributed by atoms with Gasteiger partial charge in [-0.05, 0) is 31.1 Å². The number of aliphatic imine (C=N–C) groups is 1. The molecule has 1 heterocycles. The topological polar surface area (TPSA) is 67.7 Å². The van der Waals surface area contributed by atoms with Crippen LogP contribution >= 0.6 is 22.9 Å². The summed E-state index contributed by atoms with van der Waals surface area (Å²) in [4.78, 5) is 18.4. The highest BCUT2D eigenvalue weighted by atomic mass is 35.5. The van der Waals surface area contributed by atoms with E-state index < -0.39 is 11.7 Å². The summed E-state index contributed by atoms with van der Waals surface area (Å²) in [7, 11) is 1.47. The molecule has 0 spiro atoms. The number of halogens is 2. The normalized spacial score (nSPS) is 12.0. The number of methoxy groups -OCH3 is 1. The van der Waals surface area contributed by atoms with Gasteiger partial charge < -0.3 is 4.74 Å². The molecule has 154 valence electrons. The van der Waals surface area contributed by atoms with Crippen LogP contribution in [0.2, 0.25) is 0 Å². The first-order valence-electron chi connectivity index (χ1n) is 8.93. The van der Waals surface area contributed by atoms with Crippen LogP contribution in [-0.2, 0) is 4.74 Å². The molecule has 0 unspecified atom stereocenters. The van der Waals surface area contributed by atoms with E-state index in [2.05, 4.69) is 21.8 Å². The molecular weight excluding hydrogens is 415 g/mol. The van der Waals surface area contributed by atoms with Crippen LogP contribution in [0, 0.1) is 5.82 Å². The molecule has 0 aliphatic carbocycles. The van der Waals surface area contributed by atoms with Gasteiger partial charge in [0.1, 0.15) is 16.0 Å². The van der Waals surface area contributed by atoms with Crippen LogP contribution < -0.4 is 4.90 Å². The Morgan fingerprint density at radius 1 is 1.41 bits per heavy atom. The first kappa shape index (κ1) is 22.7. The smallest absolute Gasteiger partial charge is 0.263 e. The number of hydrogen-bond donors (Lipinski definition) is 0. The molecule has 0 aliphatic rings. The zero-order chi connectivity index (χ0) is 21.4. The summed E-state index contributed by atoms with van der Waals surface area (Å²) in [5.41, 5.74) is 0.725. The number of carbonyl (C=O) groups excluding carboxylic acids is 1. The van der Waals surface area contributed by atoms with Crippen molar-refractivity contribution in [2.45, 2.75) is 26.7 Å². The fraction of sp³-hybridized carbons (Fsp3) is 0.300. The van der Waals surface area contributed by atoms with E-state index in [0.29, 0.717) is 16.7 Å². The lowest BCUT2D eigenvalue weighted by atomic mass is 10.2. The molecule has 1 aromatic carbocycles. The first-order valence-corrected chi connectivity index (χ1v) is 10.1. The summed E-state index contributed by atoms with van der Waals surface area (Å²) in [5, 5.41) is 9.36. The Morgan fingerprint density at radius 2 is 2.14 bits per heavy atom. The molecule has 0 bridgehead atoms. The van der Waals surface area contributed by atoms with Gasteiger partial charge in [-0.15, -0.1) is 10.2 Å². The van der Waals surface area contributed by atoms with Gasteiger partial charge >= 0.3 is 0 Å². The van der Waals surface area contributed by atoms with E-state index in [-0.39, 0.29) is 16.6 Å². The second-order valence-electron chi connectivity index (χ2n) is 6.04. The van der Waals surface area contributed by atoms with Gasteiger partial charge in [0.15, 0.2) is 0 Å². The van der Waals surface area contributed by atoms with Crippen molar-refractivity contribution in [1.82, 2.24) is 10.2 Å². The van der Waals surface area contributed by atoms with Crippen molar-refractivity contribution in [3.63, 3.8) is 0 Å². The van der Waals surface area contributed by atoms with Crippen molar-refractivity contribution in [3.05, 3.63) is 58.5 Å². The molecule has 1 aromatic heterocycles. The van der Waals surface area contributed by atoms with Crippen molar-refractivity contribution >= 4 is 45.4 Å². The SMILES string of the molecule is C=C(Cl)N=C(C=C(C)c1nnc(N(CCCC)C(=O)c2ccccc2F)s1)OC. The first-order chi connectivity index (χ1) is 13.9. The average Bonchev–Trinajstić information content (AvgIpc) is 3.17. The lowest BCUT2D eigenvalue weighted by molar-refractivity contribution is 0.0982. The number of carbonyl (C=O) groups is 1. The van der Waals surface area contributed by atoms with Gasteiger partial charge in [0, 0.05) is 12.6 Å². The Morgan fingerprint density at radius 3 is 2.76 bits per heavy atom. The number of nitrogens with zero attached hydrogens (tertiary/aromatic N) is 4. The molecule has 0 atom stereocenters. The second kappa shape index (κ2) is 10.8.